The highest BCUT2D eigenvalue weighted by Gasteiger charge is 2.41. The van der Waals surface area contributed by atoms with E-state index >= 15 is 0 Å². The summed E-state index contributed by atoms with van der Waals surface area (Å²) in [6.07, 6.45) is 0. The van der Waals surface area contributed by atoms with Gasteiger partial charge in [0.2, 0.25) is 0 Å². The molecule has 2 heterocycles. The van der Waals surface area contributed by atoms with Crippen molar-refractivity contribution in [1.29, 1.82) is 0 Å². The molecule has 0 N–H and O–H groups in total. The molecule has 8 aromatic carbocycles. The van der Waals surface area contributed by atoms with E-state index in [1.54, 1.807) is 0 Å². The summed E-state index contributed by atoms with van der Waals surface area (Å²) in [6.45, 7) is 4.86. The smallest absolute Gasteiger partial charge is 0.160 e. The predicted octanol–water partition coefficient (Wildman–Crippen LogP) is 12.5. The van der Waals surface area contributed by atoms with Crippen molar-refractivity contribution >= 4 is 18.4 Å². The molecule has 0 atom stereocenters. The minimum Gasteiger partial charge on any atom is -0.228 e. The van der Waals surface area contributed by atoms with Gasteiger partial charge in [0.05, 0.1) is 11.4 Å². The largest absolute Gasteiger partial charge is 0.228 e. The third kappa shape index (κ3) is 6.37. The Morgan fingerprint density at radius 2 is 0.772 bits per heavy atom. The highest BCUT2D eigenvalue weighted by atomic mass is 28.3. The van der Waals surface area contributed by atoms with Crippen LogP contribution in [0.2, 0.25) is 13.1 Å². The summed E-state index contributed by atoms with van der Waals surface area (Å²) in [5.74, 6) is 0.739. The van der Waals surface area contributed by atoms with Gasteiger partial charge in [-0.05, 0) is 84.7 Å². The number of rotatable bonds is 7. The van der Waals surface area contributed by atoms with Crippen LogP contribution < -0.4 is 10.4 Å². The SMILES string of the molecule is C[Si]1(C)c2ccccc2-c2nc(-c3cccc(-c4cccc(-c5ccc(-c6ccccc6)cc5)c4)c3)nc(-c3ccc(-c4c#cc(-c5ccccc5)cc4)cc3)c21. The maximum absolute atomic E-state index is 5.45. The third-order valence-electron chi connectivity index (χ3n) is 11.3. The summed E-state index contributed by atoms with van der Waals surface area (Å²) in [6, 6.07) is 75.8. The number of hydrogen-bond donors (Lipinski definition) is 0. The molecule has 1 aromatic heterocycles. The van der Waals surface area contributed by atoms with Crippen LogP contribution in [-0.4, -0.2) is 18.0 Å². The summed E-state index contributed by atoms with van der Waals surface area (Å²) in [5.41, 5.74) is 16.8. The molecular weight excluding hydrogens is 705 g/mol. The monoisotopic (exact) mass is 742 g/mol. The second kappa shape index (κ2) is 14.2. The molecule has 10 rings (SSSR count). The maximum Gasteiger partial charge on any atom is 0.160 e. The summed E-state index contributed by atoms with van der Waals surface area (Å²) in [7, 11) is -2.11. The molecule has 0 radical (unpaired) electrons. The van der Waals surface area contributed by atoms with Crippen molar-refractivity contribution in [3.8, 4) is 89.5 Å². The van der Waals surface area contributed by atoms with Gasteiger partial charge < -0.3 is 0 Å². The lowest BCUT2D eigenvalue weighted by Gasteiger charge is -2.21. The lowest BCUT2D eigenvalue weighted by molar-refractivity contribution is 1.20. The fraction of sp³-hybridized carbons (Fsp3) is 0.0370. The van der Waals surface area contributed by atoms with E-state index in [9.17, 15) is 0 Å². The second-order valence-electron chi connectivity index (χ2n) is 15.2. The van der Waals surface area contributed by atoms with Crippen LogP contribution in [0, 0.1) is 12.1 Å². The minimum absolute atomic E-state index is 0.739. The van der Waals surface area contributed by atoms with Crippen molar-refractivity contribution in [2.75, 3.05) is 0 Å². The molecule has 0 unspecified atom stereocenters. The van der Waals surface area contributed by atoms with Gasteiger partial charge in [0.15, 0.2) is 5.82 Å². The van der Waals surface area contributed by atoms with E-state index in [1.807, 2.05) is 6.07 Å². The fourth-order valence-corrected chi connectivity index (χ4v) is 11.5. The van der Waals surface area contributed by atoms with Gasteiger partial charge >= 0.3 is 0 Å². The quantitative estimate of drug-likeness (QED) is 0.152. The molecule has 0 aliphatic carbocycles. The summed E-state index contributed by atoms with van der Waals surface area (Å²) in [4.78, 5) is 10.8. The number of hydrogen-bond acceptors (Lipinski definition) is 2. The summed E-state index contributed by atoms with van der Waals surface area (Å²) < 4.78 is 0. The molecule has 0 saturated carbocycles. The van der Waals surface area contributed by atoms with Crippen LogP contribution in [0.5, 0.6) is 0 Å². The van der Waals surface area contributed by atoms with Crippen LogP contribution >= 0.6 is 0 Å². The van der Waals surface area contributed by atoms with Gasteiger partial charge in [-0.15, -0.1) is 0 Å². The van der Waals surface area contributed by atoms with Crippen molar-refractivity contribution < 1.29 is 0 Å². The normalized spacial score (nSPS) is 12.4. The Morgan fingerprint density at radius 1 is 0.351 bits per heavy atom. The third-order valence-corrected chi connectivity index (χ3v) is 14.8. The first-order valence-corrected chi connectivity index (χ1v) is 22.5. The Labute approximate surface area is 335 Å². The van der Waals surface area contributed by atoms with Crippen molar-refractivity contribution in [2.45, 2.75) is 13.1 Å². The maximum atomic E-state index is 5.45. The van der Waals surface area contributed by atoms with Crippen molar-refractivity contribution in [3.63, 3.8) is 0 Å². The van der Waals surface area contributed by atoms with E-state index in [-0.39, 0.29) is 0 Å². The Kier molecular flexibility index (Phi) is 8.55. The number of nitrogens with zero attached hydrogens (tertiary/aromatic N) is 2. The minimum atomic E-state index is -2.11. The molecule has 268 valence electrons. The van der Waals surface area contributed by atoms with E-state index in [0.717, 1.165) is 61.7 Å². The first-order valence-electron chi connectivity index (χ1n) is 19.5. The van der Waals surface area contributed by atoms with Crippen molar-refractivity contribution in [3.05, 3.63) is 206 Å². The Bertz CT molecular complexity index is 2880. The number of aromatic nitrogens is 2. The van der Waals surface area contributed by atoms with Crippen LogP contribution in [0.15, 0.2) is 194 Å². The molecule has 0 spiro atoms. The molecule has 3 heteroatoms. The Hall–Kier alpha value is -7.12. The zero-order valence-electron chi connectivity index (χ0n) is 31.9. The molecule has 0 amide bonds. The Balaban J connectivity index is 1.02. The molecule has 1 aliphatic heterocycles. The van der Waals surface area contributed by atoms with Crippen LogP contribution in [0.4, 0.5) is 0 Å². The molecule has 0 bridgehead atoms. The van der Waals surface area contributed by atoms with Gasteiger partial charge in [0.1, 0.15) is 8.07 Å². The van der Waals surface area contributed by atoms with Gasteiger partial charge in [-0.3, -0.25) is 0 Å². The van der Waals surface area contributed by atoms with E-state index in [4.69, 9.17) is 9.97 Å². The van der Waals surface area contributed by atoms with Gasteiger partial charge in [-0.2, -0.15) is 0 Å². The van der Waals surface area contributed by atoms with E-state index in [2.05, 4.69) is 213 Å². The topological polar surface area (TPSA) is 25.8 Å². The van der Waals surface area contributed by atoms with Crippen LogP contribution in [0.1, 0.15) is 0 Å². The zero-order chi connectivity index (χ0) is 38.3. The standard InChI is InChI=1S/C54H38N2Si/c1-57(2)50-22-10-9-21-49(50)52-53(57)51(44-33-31-42(32-34-44)41-25-23-39(24-26-41)37-13-5-3-6-14-37)55-54(56-52)48-20-12-19-47(36-48)46-18-11-17-45(35-46)43-29-27-40(28-30-43)38-15-7-4-8-16-38/h3-23,25,27-36H,1-2H3. The van der Waals surface area contributed by atoms with Crippen LogP contribution in [-0.2, 0) is 0 Å². The molecule has 2 nitrogen and oxygen atoms in total. The van der Waals surface area contributed by atoms with Crippen molar-refractivity contribution in [2.24, 2.45) is 0 Å². The first kappa shape index (κ1) is 34.4. The van der Waals surface area contributed by atoms with Gasteiger partial charge in [0.25, 0.3) is 0 Å². The predicted molar refractivity (Wildman–Crippen MR) is 240 cm³/mol. The van der Waals surface area contributed by atoms with E-state index < -0.39 is 8.07 Å². The molecule has 9 aromatic rings. The zero-order valence-corrected chi connectivity index (χ0v) is 32.9. The molecule has 1 aliphatic rings. The molecule has 0 saturated heterocycles. The second-order valence-corrected chi connectivity index (χ2v) is 19.5. The Morgan fingerprint density at radius 3 is 1.40 bits per heavy atom. The summed E-state index contributed by atoms with van der Waals surface area (Å²) in [5, 5.41) is 2.71. The fourth-order valence-electron chi connectivity index (χ4n) is 8.30. The molecule has 0 fully saturated rings. The van der Waals surface area contributed by atoms with E-state index in [1.165, 1.54) is 38.2 Å². The van der Waals surface area contributed by atoms with Crippen LogP contribution in [0.3, 0.4) is 0 Å². The lowest BCUT2D eigenvalue weighted by atomic mass is 9.96. The molecular formula is C54H38N2Si. The van der Waals surface area contributed by atoms with Gasteiger partial charge in [0, 0.05) is 22.3 Å². The van der Waals surface area contributed by atoms with Crippen LogP contribution in [0.25, 0.3) is 89.5 Å². The molecule has 57 heavy (non-hydrogen) atoms. The number of benzene rings is 7. The highest BCUT2D eigenvalue weighted by Crippen LogP contribution is 2.36. The highest BCUT2D eigenvalue weighted by molar-refractivity contribution is 7.04. The average molecular weight is 743 g/mol. The van der Waals surface area contributed by atoms with Crippen molar-refractivity contribution in [1.82, 2.24) is 9.97 Å². The summed E-state index contributed by atoms with van der Waals surface area (Å²) >= 11 is 0. The van der Waals surface area contributed by atoms with E-state index in [0.29, 0.717) is 0 Å². The average Bonchev–Trinajstić information content (AvgIpc) is 3.52. The van der Waals surface area contributed by atoms with Gasteiger partial charge in [-0.1, -0.05) is 195 Å². The first-order chi connectivity index (χ1) is 28.0. The lowest BCUT2D eigenvalue weighted by Crippen LogP contribution is -2.50. The number of fused-ring (bicyclic) bond motifs is 3. The van der Waals surface area contributed by atoms with Gasteiger partial charge in [-0.25, -0.2) is 9.97 Å².